The maximum Gasteiger partial charge on any atom is 0.251 e. The van der Waals surface area contributed by atoms with Gasteiger partial charge < -0.3 is 15.0 Å². The van der Waals surface area contributed by atoms with E-state index in [0.29, 0.717) is 30.9 Å². The van der Waals surface area contributed by atoms with Gasteiger partial charge in [0.25, 0.3) is 5.91 Å². The summed E-state index contributed by atoms with van der Waals surface area (Å²) in [6, 6.07) is 16.6. The van der Waals surface area contributed by atoms with Crippen LogP contribution >= 0.6 is 0 Å². The first-order valence-electron chi connectivity index (χ1n) is 12.0. The van der Waals surface area contributed by atoms with Crippen LogP contribution in [0.5, 0.6) is 5.75 Å². The number of ether oxygens (including phenoxy) is 1. The first-order chi connectivity index (χ1) is 17.0. The first-order valence-corrected chi connectivity index (χ1v) is 12.0. The normalized spacial score (nSPS) is 18.3. The number of aryl methyl sites for hydroxylation is 1. The van der Waals surface area contributed by atoms with E-state index in [9.17, 15) is 9.59 Å². The fourth-order valence-corrected chi connectivity index (χ4v) is 4.71. The number of piperidine rings is 1. The molecule has 2 heterocycles. The van der Waals surface area contributed by atoms with Gasteiger partial charge in [-0.25, -0.2) is 5.48 Å². The van der Waals surface area contributed by atoms with Crippen molar-refractivity contribution in [3.63, 3.8) is 0 Å². The van der Waals surface area contributed by atoms with E-state index in [2.05, 4.69) is 22.1 Å². The lowest BCUT2D eigenvalue weighted by molar-refractivity contribution is -0.135. The molecule has 184 valence electrons. The van der Waals surface area contributed by atoms with Gasteiger partial charge in [-0.15, -0.1) is 0 Å². The number of amides is 2. The summed E-state index contributed by atoms with van der Waals surface area (Å²) < 4.78 is 6.00. The highest BCUT2D eigenvalue weighted by Crippen LogP contribution is 2.22. The van der Waals surface area contributed by atoms with Gasteiger partial charge in [0.2, 0.25) is 5.91 Å². The molecule has 1 aliphatic rings. The summed E-state index contributed by atoms with van der Waals surface area (Å²) in [6.07, 6.45) is 1.57. The van der Waals surface area contributed by atoms with E-state index in [4.69, 9.17) is 9.94 Å². The number of benzene rings is 2. The lowest BCUT2D eigenvalue weighted by atomic mass is 9.90. The van der Waals surface area contributed by atoms with E-state index in [-0.39, 0.29) is 11.9 Å². The summed E-state index contributed by atoms with van der Waals surface area (Å²) in [7, 11) is 0. The van der Waals surface area contributed by atoms with Crippen LogP contribution in [0.4, 0.5) is 0 Å². The Morgan fingerprint density at radius 1 is 1.17 bits per heavy atom. The van der Waals surface area contributed by atoms with Crippen LogP contribution in [0, 0.1) is 12.8 Å². The van der Waals surface area contributed by atoms with Crippen molar-refractivity contribution in [3.8, 4) is 5.75 Å². The van der Waals surface area contributed by atoms with Gasteiger partial charge in [0.15, 0.2) is 0 Å². The van der Waals surface area contributed by atoms with Crippen molar-refractivity contribution >= 4 is 22.7 Å². The Bertz CT molecular complexity index is 1180. The van der Waals surface area contributed by atoms with Crippen molar-refractivity contribution in [2.75, 3.05) is 19.6 Å². The van der Waals surface area contributed by atoms with Crippen molar-refractivity contribution in [2.45, 2.75) is 39.3 Å². The molecule has 2 atom stereocenters. The van der Waals surface area contributed by atoms with Gasteiger partial charge in [-0.2, -0.15) is 0 Å². The Morgan fingerprint density at radius 2 is 1.94 bits per heavy atom. The average Bonchev–Trinajstić information content (AvgIpc) is 2.87. The number of carbonyl (C=O) groups excluding carboxylic acids is 2. The molecule has 0 unspecified atom stereocenters. The zero-order valence-corrected chi connectivity index (χ0v) is 20.2. The number of carbonyl (C=O) groups is 2. The predicted molar refractivity (Wildman–Crippen MR) is 133 cm³/mol. The monoisotopic (exact) mass is 476 g/mol. The highest BCUT2D eigenvalue weighted by atomic mass is 16.5. The average molecular weight is 477 g/mol. The standard InChI is InChI=1S/C27H32N4O4/c1-3-13-31-14-12-23(27(33)30-34)25(16-31)29-26(32)19-8-10-21(11-9-19)35-17-20-15-18(2)28-24-7-5-4-6-22(20)24/h4-11,15,23,25,34H,3,12-14,16-17H2,1-2H3,(H,29,32)(H,30,33)/t23-,25+/m0/s1. The maximum atomic E-state index is 12.9. The number of hydroxylamine groups is 1. The van der Waals surface area contributed by atoms with Gasteiger partial charge >= 0.3 is 0 Å². The van der Waals surface area contributed by atoms with E-state index in [1.807, 2.05) is 37.3 Å². The van der Waals surface area contributed by atoms with Gasteiger partial charge in [-0.3, -0.25) is 19.8 Å². The molecule has 2 aromatic carbocycles. The van der Waals surface area contributed by atoms with Crippen LogP contribution in [0.2, 0.25) is 0 Å². The number of nitrogens with zero attached hydrogens (tertiary/aromatic N) is 2. The SMILES string of the molecule is CCCN1CC[C@H](C(=O)NO)[C@H](NC(=O)c2ccc(OCc3cc(C)nc4ccccc34)cc2)C1. The molecule has 2 amide bonds. The van der Waals surface area contributed by atoms with Crippen molar-refractivity contribution in [2.24, 2.45) is 5.92 Å². The first kappa shape index (κ1) is 24.6. The topological polar surface area (TPSA) is 104 Å². The number of aromatic nitrogens is 1. The minimum absolute atomic E-state index is 0.258. The van der Waals surface area contributed by atoms with Crippen molar-refractivity contribution < 1.29 is 19.5 Å². The summed E-state index contributed by atoms with van der Waals surface area (Å²) in [5.41, 5.74) is 5.15. The van der Waals surface area contributed by atoms with Crippen molar-refractivity contribution in [1.29, 1.82) is 0 Å². The summed E-state index contributed by atoms with van der Waals surface area (Å²) in [5, 5.41) is 13.2. The van der Waals surface area contributed by atoms with Gasteiger partial charge in [0.1, 0.15) is 12.4 Å². The van der Waals surface area contributed by atoms with Crippen LogP contribution in [0.3, 0.4) is 0 Å². The fourth-order valence-electron chi connectivity index (χ4n) is 4.71. The van der Waals surface area contributed by atoms with E-state index in [0.717, 1.165) is 41.7 Å². The molecule has 3 N–H and O–H groups in total. The molecular weight excluding hydrogens is 444 g/mol. The lowest BCUT2D eigenvalue weighted by Crippen LogP contribution is -2.56. The molecule has 8 nitrogen and oxygen atoms in total. The Labute approximate surface area is 205 Å². The van der Waals surface area contributed by atoms with Crippen LogP contribution < -0.4 is 15.5 Å². The van der Waals surface area contributed by atoms with Crippen LogP contribution in [0.15, 0.2) is 54.6 Å². The quantitative estimate of drug-likeness (QED) is 0.340. The van der Waals surface area contributed by atoms with E-state index >= 15 is 0 Å². The van der Waals surface area contributed by atoms with E-state index in [1.165, 1.54) is 0 Å². The zero-order chi connectivity index (χ0) is 24.8. The van der Waals surface area contributed by atoms with E-state index in [1.54, 1.807) is 29.7 Å². The molecule has 1 aliphatic heterocycles. The number of rotatable bonds is 8. The van der Waals surface area contributed by atoms with Gasteiger partial charge in [0.05, 0.1) is 17.5 Å². The molecule has 0 aliphatic carbocycles. The number of hydrogen-bond donors (Lipinski definition) is 3. The van der Waals surface area contributed by atoms with Crippen molar-refractivity contribution in [3.05, 3.63) is 71.4 Å². The second kappa shape index (κ2) is 11.3. The second-order valence-corrected chi connectivity index (χ2v) is 9.00. The highest BCUT2D eigenvalue weighted by molar-refractivity contribution is 5.95. The van der Waals surface area contributed by atoms with Gasteiger partial charge in [0, 0.05) is 28.8 Å². The van der Waals surface area contributed by atoms with Crippen LogP contribution in [-0.4, -0.2) is 52.6 Å². The van der Waals surface area contributed by atoms with Crippen LogP contribution in [0.25, 0.3) is 10.9 Å². The molecule has 0 saturated carbocycles. The zero-order valence-electron chi connectivity index (χ0n) is 20.2. The molecule has 8 heteroatoms. The molecule has 0 spiro atoms. The molecule has 4 rings (SSSR count). The summed E-state index contributed by atoms with van der Waals surface area (Å²) >= 11 is 0. The number of nitrogens with one attached hydrogen (secondary N) is 2. The lowest BCUT2D eigenvalue weighted by Gasteiger charge is -2.37. The number of hydrogen-bond acceptors (Lipinski definition) is 6. The van der Waals surface area contributed by atoms with Gasteiger partial charge in [-0.1, -0.05) is 25.1 Å². The van der Waals surface area contributed by atoms with Crippen molar-refractivity contribution in [1.82, 2.24) is 20.7 Å². The van der Waals surface area contributed by atoms with E-state index < -0.39 is 11.8 Å². The van der Waals surface area contributed by atoms with Crippen LogP contribution in [0.1, 0.15) is 41.4 Å². The third-order valence-corrected chi connectivity index (χ3v) is 6.44. The van der Waals surface area contributed by atoms with Crippen LogP contribution in [-0.2, 0) is 11.4 Å². The number of likely N-dealkylation sites (tertiary alicyclic amines) is 1. The Kier molecular flexibility index (Phi) is 7.94. The maximum absolute atomic E-state index is 12.9. The molecule has 1 fully saturated rings. The highest BCUT2D eigenvalue weighted by Gasteiger charge is 2.35. The molecular formula is C27H32N4O4. The van der Waals surface area contributed by atoms with Gasteiger partial charge in [-0.05, 0) is 69.3 Å². The largest absolute Gasteiger partial charge is 0.489 e. The molecule has 1 aromatic heterocycles. The summed E-state index contributed by atoms with van der Waals surface area (Å²) in [4.78, 5) is 31.9. The second-order valence-electron chi connectivity index (χ2n) is 9.00. The predicted octanol–water partition coefficient (Wildman–Crippen LogP) is 3.46. The molecule has 0 radical (unpaired) electrons. The third kappa shape index (κ3) is 5.96. The summed E-state index contributed by atoms with van der Waals surface area (Å²) in [5.74, 6) is -0.539. The molecule has 35 heavy (non-hydrogen) atoms. The Hall–Kier alpha value is -3.49. The Balaban J connectivity index is 1.41. The minimum atomic E-state index is -0.474. The molecule has 1 saturated heterocycles. The minimum Gasteiger partial charge on any atom is -0.489 e. The molecule has 0 bridgehead atoms. The number of fused-ring (bicyclic) bond motifs is 1. The smallest absolute Gasteiger partial charge is 0.251 e. The third-order valence-electron chi connectivity index (χ3n) is 6.44. The molecule has 3 aromatic rings. The summed E-state index contributed by atoms with van der Waals surface area (Å²) in [6.45, 7) is 6.68. The fraction of sp³-hybridized carbons (Fsp3) is 0.370. The Morgan fingerprint density at radius 3 is 2.69 bits per heavy atom. The number of pyridine rings is 1. The number of para-hydroxylation sites is 1.